The zero-order valence-corrected chi connectivity index (χ0v) is 13.8. The van der Waals surface area contributed by atoms with Crippen molar-refractivity contribution in [3.63, 3.8) is 0 Å². The van der Waals surface area contributed by atoms with E-state index in [-0.39, 0.29) is 11.4 Å². The van der Waals surface area contributed by atoms with Crippen LogP contribution in [0.5, 0.6) is 0 Å². The third-order valence-electron chi connectivity index (χ3n) is 3.57. The van der Waals surface area contributed by atoms with Gasteiger partial charge < -0.3 is 15.1 Å². The molecule has 0 aliphatic rings. The van der Waals surface area contributed by atoms with E-state index in [1.54, 1.807) is 18.2 Å². The first kappa shape index (κ1) is 17.4. The monoisotopic (exact) mass is 356 g/mol. The molecule has 0 atom stereocenters. The van der Waals surface area contributed by atoms with Gasteiger partial charge in [0.1, 0.15) is 11.5 Å². The maximum absolute atomic E-state index is 12.8. The van der Waals surface area contributed by atoms with Crippen LogP contribution >= 0.6 is 0 Å². The molecule has 0 radical (unpaired) electrons. The Morgan fingerprint density at radius 1 is 1.15 bits per heavy atom. The molecule has 2 N–H and O–H groups in total. The summed E-state index contributed by atoms with van der Waals surface area (Å²) in [6, 6.07) is 11.6. The van der Waals surface area contributed by atoms with Gasteiger partial charge in [0.25, 0.3) is 5.56 Å². The largest absolute Gasteiger partial charge is 0.463 e. The summed E-state index contributed by atoms with van der Waals surface area (Å²) >= 11 is 0. The predicted octanol–water partition coefficient (Wildman–Crippen LogP) is 2.85. The Kier molecular flexibility index (Phi) is 5.43. The van der Waals surface area contributed by atoms with Crippen LogP contribution in [0.4, 0.5) is 14.9 Å². The van der Waals surface area contributed by atoms with Gasteiger partial charge in [0.2, 0.25) is 0 Å². The van der Waals surface area contributed by atoms with E-state index >= 15 is 0 Å². The van der Waals surface area contributed by atoms with Crippen molar-refractivity contribution in [2.75, 3.05) is 11.9 Å². The number of furan rings is 1. The second-order valence-electron chi connectivity index (χ2n) is 5.50. The molecule has 7 nitrogen and oxygen atoms in total. The summed E-state index contributed by atoms with van der Waals surface area (Å²) in [7, 11) is 0. The van der Waals surface area contributed by atoms with Crippen molar-refractivity contribution in [3.8, 4) is 11.5 Å². The van der Waals surface area contributed by atoms with Gasteiger partial charge in [-0.05, 0) is 48.9 Å². The zero-order chi connectivity index (χ0) is 18.4. The molecule has 26 heavy (non-hydrogen) atoms. The van der Waals surface area contributed by atoms with Crippen molar-refractivity contribution in [3.05, 3.63) is 71.0 Å². The lowest BCUT2D eigenvalue weighted by Crippen LogP contribution is -2.31. The van der Waals surface area contributed by atoms with Crippen molar-refractivity contribution in [1.82, 2.24) is 15.1 Å². The summed E-state index contributed by atoms with van der Waals surface area (Å²) in [4.78, 5) is 23.6. The van der Waals surface area contributed by atoms with Gasteiger partial charge in [-0.2, -0.15) is 5.10 Å². The molecule has 0 spiro atoms. The summed E-state index contributed by atoms with van der Waals surface area (Å²) in [6.45, 7) is 0.705. The Morgan fingerprint density at radius 3 is 2.69 bits per heavy atom. The predicted molar refractivity (Wildman–Crippen MR) is 94.2 cm³/mol. The van der Waals surface area contributed by atoms with Gasteiger partial charge in [-0.15, -0.1) is 0 Å². The van der Waals surface area contributed by atoms with E-state index in [1.807, 2.05) is 0 Å². The Hall–Kier alpha value is -3.42. The average Bonchev–Trinajstić information content (AvgIpc) is 3.17. The standard InChI is InChI=1S/C18H17FN4O3/c19-13-4-6-14(7-5-13)21-18(25)20-10-2-11-23-17(24)9-8-15(22-23)16-3-1-12-26-16/h1,3-9,12H,2,10-11H2,(H2,20,21,25). The lowest BCUT2D eigenvalue weighted by atomic mass is 10.3. The van der Waals surface area contributed by atoms with Crippen LogP contribution in [0.25, 0.3) is 11.5 Å². The second kappa shape index (κ2) is 8.11. The number of aryl methyl sites for hydroxylation is 1. The Balaban J connectivity index is 1.49. The summed E-state index contributed by atoms with van der Waals surface area (Å²) < 4.78 is 19.4. The first-order valence-electron chi connectivity index (χ1n) is 8.04. The van der Waals surface area contributed by atoms with Gasteiger partial charge in [0.05, 0.1) is 6.26 Å². The third-order valence-corrected chi connectivity index (χ3v) is 3.57. The number of carbonyl (C=O) groups is 1. The Labute approximate surface area is 148 Å². The minimum absolute atomic E-state index is 0.226. The number of halogens is 1. The number of rotatable bonds is 6. The van der Waals surface area contributed by atoms with Crippen LogP contribution in [0.1, 0.15) is 6.42 Å². The highest BCUT2D eigenvalue weighted by Crippen LogP contribution is 2.15. The molecule has 134 valence electrons. The van der Waals surface area contributed by atoms with Gasteiger partial charge in [0, 0.05) is 24.8 Å². The first-order valence-corrected chi connectivity index (χ1v) is 8.04. The van der Waals surface area contributed by atoms with Gasteiger partial charge >= 0.3 is 6.03 Å². The SMILES string of the molecule is O=C(NCCCn1nc(-c2ccco2)ccc1=O)Nc1ccc(F)cc1. The zero-order valence-electron chi connectivity index (χ0n) is 13.8. The first-order chi connectivity index (χ1) is 12.6. The molecule has 2 aromatic heterocycles. The van der Waals surface area contributed by atoms with E-state index in [0.29, 0.717) is 36.7 Å². The molecule has 0 bridgehead atoms. The molecule has 1 aromatic carbocycles. The molecule has 0 aliphatic carbocycles. The summed E-state index contributed by atoms with van der Waals surface area (Å²) in [5, 5.41) is 9.52. The molecule has 2 amide bonds. The van der Waals surface area contributed by atoms with Gasteiger partial charge in [-0.1, -0.05) is 0 Å². The number of nitrogens with zero attached hydrogens (tertiary/aromatic N) is 2. The van der Waals surface area contributed by atoms with E-state index in [0.717, 1.165) is 0 Å². The minimum Gasteiger partial charge on any atom is -0.463 e. The van der Waals surface area contributed by atoms with E-state index < -0.39 is 6.03 Å². The molecule has 0 fully saturated rings. The van der Waals surface area contributed by atoms with Crippen molar-refractivity contribution in [2.45, 2.75) is 13.0 Å². The Bertz CT molecular complexity index is 920. The van der Waals surface area contributed by atoms with Gasteiger partial charge in [-0.3, -0.25) is 4.79 Å². The number of hydrogen-bond donors (Lipinski definition) is 2. The maximum Gasteiger partial charge on any atom is 0.319 e. The maximum atomic E-state index is 12.8. The van der Waals surface area contributed by atoms with Crippen LogP contribution in [-0.4, -0.2) is 22.4 Å². The minimum atomic E-state index is -0.402. The van der Waals surface area contributed by atoms with E-state index in [2.05, 4.69) is 15.7 Å². The Morgan fingerprint density at radius 2 is 1.96 bits per heavy atom. The van der Waals surface area contributed by atoms with Crippen LogP contribution in [0.15, 0.2) is 64.0 Å². The molecule has 3 aromatic rings. The molecule has 3 rings (SSSR count). The molecule has 8 heteroatoms. The number of urea groups is 1. The van der Waals surface area contributed by atoms with Gasteiger partial charge in [-0.25, -0.2) is 13.9 Å². The van der Waals surface area contributed by atoms with Crippen LogP contribution < -0.4 is 16.2 Å². The highest BCUT2D eigenvalue weighted by molar-refractivity contribution is 5.89. The highest BCUT2D eigenvalue weighted by Gasteiger charge is 2.06. The van der Waals surface area contributed by atoms with Crippen molar-refractivity contribution >= 4 is 11.7 Å². The molecular formula is C18H17FN4O3. The smallest absolute Gasteiger partial charge is 0.319 e. The van der Waals surface area contributed by atoms with Crippen molar-refractivity contribution in [1.29, 1.82) is 0 Å². The summed E-state index contributed by atoms with van der Waals surface area (Å²) in [6.07, 6.45) is 2.06. The number of anilines is 1. The summed E-state index contributed by atoms with van der Waals surface area (Å²) in [5.74, 6) is 0.209. The highest BCUT2D eigenvalue weighted by atomic mass is 19.1. The molecule has 0 saturated carbocycles. The quantitative estimate of drug-likeness (QED) is 0.665. The van der Waals surface area contributed by atoms with E-state index in [1.165, 1.54) is 41.3 Å². The number of hydrogen-bond acceptors (Lipinski definition) is 4. The normalized spacial score (nSPS) is 10.5. The molecule has 0 unspecified atom stereocenters. The number of nitrogens with one attached hydrogen (secondary N) is 2. The number of aromatic nitrogens is 2. The summed E-state index contributed by atoms with van der Waals surface area (Å²) in [5.41, 5.74) is 0.834. The average molecular weight is 356 g/mol. The molecule has 0 aliphatic heterocycles. The number of benzene rings is 1. The molecule has 0 saturated heterocycles. The van der Waals surface area contributed by atoms with E-state index in [4.69, 9.17) is 4.42 Å². The number of amides is 2. The topological polar surface area (TPSA) is 89.2 Å². The third kappa shape index (κ3) is 4.56. The van der Waals surface area contributed by atoms with Crippen molar-refractivity contribution < 1.29 is 13.6 Å². The van der Waals surface area contributed by atoms with Crippen LogP contribution in [0, 0.1) is 5.82 Å². The van der Waals surface area contributed by atoms with E-state index in [9.17, 15) is 14.0 Å². The van der Waals surface area contributed by atoms with Crippen molar-refractivity contribution in [2.24, 2.45) is 0 Å². The van der Waals surface area contributed by atoms with Gasteiger partial charge in [0.15, 0.2) is 5.76 Å². The fourth-order valence-corrected chi connectivity index (χ4v) is 2.30. The fourth-order valence-electron chi connectivity index (χ4n) is 2.30. The second-order valence-corrected chi connectivity index (χ2v) is 5.50. The number of carbonyl (C=O) groups excluding carboxylic acids is 1. The molecule has 2 heterocycles. The van der Waals surface area contributed by atoms with Crippen LogP contribution in [0.3, 0.4) is 0 Å². The fraction of sp³-hybridized carbons (Fsp3) is 0.167. The lowest BCUT2D eigenvalue weighted by molar-refractivity contribution is 0.251. The van der Waals surface area contributed by atoms with Crippen LogP contribution in [-0.2, 0) is 6.54 Å². The molecular weight excluding hydrogens is 339 g/mol. The lowest BCUT2D eigenvalue weighted by Gasteiger charge is -2.09. The van der Waals surface area contributed by atoms with Crippen LogP contribution in [0.2, 0.25) is 0 Å².